The predicted molar refractivity (Wildman–Crippen MR) is 73.7 cm³/mol. The van der Waals surface area contributed by atoms with Crippen molar-refractivity contribution >= 4 is 17.7 Å². The third-order valence-corrected chi connectivity index (χ3v) is 4.39. The molecule has 3 amide bonds. The number of aliphatic hydroxyl groups excluding tert-OH is 1. The molecular formula is C13H22N4O4. The van der Waals surface area contributed by atoms with Gasteiger partial charge in [-0.25, -0.2) is 0 Å². The first-order chi connectivity index (χ1) is 9.79. The molecule has 21 heavy (non-hydrogen) atoms. The molecule has 2 fully saturated rings. The molecule has 2 aliphatic rings. The third kappa shape index (κ3) is 2.60. The van der Waals surface area contributed by atoms with Crippen LogP contribution in [0.1, 0.15) is 26.2 Å². The summed E-state index contributed by atoms with van der Waals surface area (Å²) >= 11 is 0. The second-order valence-electron chi connectivity index (χ2n) is 5.83. The maximum atomic E-state index is 12.6. The summed E-state index contributed by atoms with van der Waals surface area (Å²) < 4.78 is 0. The van der Waals surface area contributed by atoms with Crippen LogP contribution in [0.2, 0.25) is 0 Å². The van der Waals surface area contributed by atoms with Gasteiger partial charge in [0.2, 0.25) is 17.7 Å². The molecule has 2 rings (SSSR count). The van der Waals surface area contributed by atoms with Crippen LogP contribution in [0.15, 0.2) is 0 Å². The van der Waals surface area contributed by atoms with Crippen LogP contribution >= 0.6 is 0 Å². The number of nitrogens with two attached hydrogens (primary N) is 2. The number of hydrogen-bond donors (Lipinski definition) is 3. The van der Waals surface area contributed by atoms with Gasteiger partial charge in [-0.2, -0.15) is 0 Å². The summed E-state index contributed by atoms with van der Waals surface area (Å²) in [4.78, 5) is 38.9. The van der Waals surface area contributed by atoms with Crippen LogP contribution in [0.5, 0.6) is 0 Å². The Morgan fingerprint density at radius 1 is 1.38 bits per heavy atom. The smallest absolute Gasteiger partial charge is 0.249 e. The van der Waals surface area contributed by atoms with Gasteiger partial charge < -0.3 is 26.4 Å². The molecule has 0 bridgehead atoms. The third-order valence-electron chi connectivity index (χ3n) is 4.39. The molecule has 8 heteroatoms. The van der Waals surface area contributed by atoms with E-state index in [1.807, 2.05) is 0 Å². The summed E-state index contributed by atoms with van der Waals surface area (Å²) in [6.45, 7) is 2.15. The number of carbonyl (C=O) groups is 3. The van der Waals surface area contributed by atoms with Crippen LogP contribution in [0.4, 0.5) is 0 Å². The number of likely N-dealkylation sites (tertiary alicyclic amines) is 2. The summed E-state index contributed by atoms with van der Waals surface area (Å²) in [5.74, 6) is -1.24. The van der Waals surface area contributed by atoms with E-state index in [0.29, 0.717) is 32.4 Å². The van der Waals surface area contributed by atoms with Crippen molar-refractivity contribution in [3.05, 3.63) is 0 Å². The van der Waals surface area contributed by atoms with E-state index in [-0.39, 0.29) is 12.5 Å². The molecule has 0 aromatic carbocycles. The lowest BCUT2D eigenvalue weighted by Gasteiger charge is -2.35. The fourth-order valence-electron chi connectivity index (χ4n) is 3.23. The van der Waals surface area contributed by atoms with Crippen molar-refractivity contribution in [2.75, 3.05) is 19.6 Å². The lowest BCUT2D eigenvalue weighted by Crippen LogP contribution is -2.59. The van der Waals surface area contributed by atoms with Gasteiger partial charge in [-0.1, -0.05) is 0 Å². The quantitative estimate of drug-likeness (QED) is 0.541. The lowest BCUT2D eigenvalue weighted by molar-refractivity contribution is -0.149. The van der Waals surface area contributed by atoms with Gasteiger partial charge in [-0.15, -0.1) is 0 Å². The minimum Gasteiger partial charge on any atom is -0.391 e. The average molecular weight is 298 g/mol. The summed E-state index contributed by atoms with van der Waals surface area (Å²) in [6.07, 6.45) is 0.749. The number of carbonyl (C=O) groups excluding carboxylic acids is 3. The highest BCUT2D eigenvalue weighted by molar-refractivity contribution is 5.96. The summed E-state index contributed by atoms with van der Waals surface area (Å²) in [5.41, 5.74) is 9.93. The molecular weight excluding hydrogens is 276 g/mol. The molecule has 2 saturated heterocycles. The van der Waals surface area contributed by atoms with Crippen molar-refractivity contribution < 1.29 is 19.5 Å². The number of rotatable bonds is 4. The van der Waals surface area contributed by atoms with Crippen LogP contribution in [-0.2, 0) is 14.4 Å². The van der Waals surface area contributed by atoms with E-state index >= 15 is 0 Å². The molecule has 0 aromatic heterocycles. The summed E-state index contributed by atoms with van der Waals surface area (Å²) in [7, 11) is 0. The van der Waals surface area contributed by atoms with Crippen LogP contribution in [-0.4, -0.2) is 69.9 Å². The summed E-state index contributed by atoms with van der Waals surface area (Å²) in [5, 5.41) is 9.49. The molecule has 2 unspecified atom stereocenters. The first-order valence-corrected chi connectivity index (χ1v) is 7.12. The van der Waals surface area contributed by atoms with Gasteiger partial charge in [0, 0.05) is 13.1 Å². The van der Waals surface area contributed by atoms with Crippen LogP contribution in [0, 0.1) is 0 Å². The van der Waals surface area contributed by atoms with Crippen molar-refractivity contribution in [1.29, 1.82) is 0 Å². The normalized spacial score (nSPS) is 28.2. The predicted octanol–water partition coefficient (Wildman–Crippen LogP) is -2.23. The minimum atomic E-state index is -1.04. The topological polar surface area (TPSA) is 130 Å². The van der Waals surface area contributed by atoms with Gasteiger partial charge in [-0.05, 0) is 26.2 Å². The van der Waals surface area contributed by atoms with E-state index in [1.165, 1.54) is 16.7 Å². The molecule has 5 N–H and O–H groups in total. The molecule has 1 spiro atoms. The molecule has 2 aliphatic heterocycles. The molecule has 0 saturated carbocycles. The van der Waals surface area contributed by atoms with E-state index in [0.717, 1.165) is 0 Å². The van der Waals surface area contributed by atoms with Crippen molar-refractivity contribution in [3.8, 4) is 0 Å². The maximum Gasteiger partial charge on any atom is 0.249 e. The van der Waals surface area contributed by atoms with Crippen LogP contribution in [0.3, 0.4) is 0 Å². The first-order valence-electron chi connectivity index (χ1n) is 7.12. The van der Waals surface area contributed by atoms with E-state index in [2.05, 4.69) is 0 Å². The highest BCUT2D eigenvalue weighted by Gasteiger charge is 2.55. The zero-order valence-electron chi connectivity index (χ0n) is 12.1. The Bertz CT molecular complexity index is 467. The molecule has 0 aliphatic carbocycles. The van der Waals surface area contributed by atoms with Gasteiger partial charge in [0.15, 0.2) is 0 Å². The Balaban J connectivity index is 2.20. The molecule has 3 atom stereocenters. The zero-order valence-corrected chi connectivity index (χ0v) is 12.1. The van der Waals surface area contributed by atoms with Gasteiger partial charge >= 0.3 is 0 Å². The average Bonchev–Trinajstić information content (AvgIpc) is 2.96. The van der Waals surface area contributed by atoms with Crippen molar-refractivity contribution in [1.82, 2.24) is 9.80 Å². The number of aliphatic hydroxyl groups is 1. The maximum absolute atomic E-state index is 12.6. The number of primary amides is 1. The van der Waals surface area contributed by atoms with Gasteiger partial charge in [0.05, 0.1) is 12.6 Å². The summed E-state index contributed by atoms with van der Waals surface area (Å²) in [6, 6.07) is -1.04. The standard InChI is InChI=1S/C13H22N4O4/c1-8(18)10(15)11(20)17-5-2-3-13(17)4-6-16(12(13)21)7-9(14)19/h8,10,18H,2-7,15H2,1H3,(H2,14,19)/t8?,10-,13?/m0/s1. The second kappa shape index (κ2) is 5.61. The van der Waals surface area contributed by atoms with E-state index in [1.54, 1.807) is 0 Å². The SMILES string of the molecule is CC(O)[C@H](N)C(=O)N1CCCC12CCN(CC(N)=O)C2=O. The Kier molecular flexibility index (Phi) is 4.20. The molecule has 0 radical (unpaired) electrons. The number of hydrogen-bond acceptors (Lipinski definition) is 5. The Labute approximate surface area is 123 Å². The Morgan fingerprint density at radius 3 is 2.62 bits per heavy atom. The lowest BCUT2D eigenvalue weighted by atomic mass is 9.93. The molecule has 0 aromatic rings. The van der Waals surface area contributed by atoms with Crippen molar-refractivity contribution in [2.45, 2.75) is 43.9 Å². The van der Waals surface area contributed by atoms with E-state index in [9.17, 15) is 19.5 Å². The molecule has 2 heterocycles. The number of amides is 3. The number of nitrogens with zero attached hydrogens (tertiary/aromatic N) is 2. The van der Waals surface area contributed by atoms with Gasteiger partial charge in [0.25, 0.3) is 0 Å². The zero-order chi connectivity index (χ0) is 15.8. The Hall–Kier alpha value is -1.67. The highest BCUT2D eigenvalue weighted by atomic mass is 16.3. The second-order valence-corrected chi connectivity index (χ2v) is 5.83. The van der Waals surface area contributed by atoms with Gasteiger partial charge in [-0.3, -0.25) is 14.4 Å². The Morgan fingerprint density at radius 2 is 2.05 bits per heavy atom. The van der Waals surface area contributed by atoms with E-state index < -0.39 is 29.5 Å². The largest absolute Gasteiger partial charge is 0.391 e. The van der Waals surface area contributed by atoms with Crippen LogP contribution < -0.4 is 11.5 Å². The van der Waals surface area contributed by atoms with Gasteiger partial charge in [0.1, 0.15) is 11.6 Å². The monoisotopic (exact) mass is 298 g/mol. The van der Waals surface area contributed by atoms with E-state index in [4.69, 9.17) is 11.5 Å². The van der Waals surface area contributed by atoms with Crippen molar-refractivity contribution in [2.24, 2.45) is 11.5 Å². The fourth-order valence-corrected chi connectivity index (χ4v) is 3.23. The van der Waals surface area contributed by atoms with Crippen molar-refractivity contribution in [3.63, 3.8) is 0 Å². The minimum absolute atomic E-state index is 0.134. The van der Waals surface area contributed by atoms with Crippen LogP contribution in [0.25, 0.3) is 0 Å². The first kappa shape index (κ1) is 15.7. The fraction of sp³-hybridized carbons (Fsp3) is 0.769. The molecule has 118 valence electrons. The molecule has 8 nitrogen and oxygen atoms in total. The highest BCUT2D eigenvalue weighted by Crippen LogP contribution is 2.39.